The number of halogens is 2. The third-order valence-electron chi connectivity index (χ3n) is 3.54. The Bertz CT molecular complexity index is 594. The van der Waals surface area contributed by atoms with Crippen LogP contribution < -0.4 is 4.72 Å². The number of nitriles is 1. The average molecular weight is 435 g/mol. The van der Waals surface area contributed by atoms with E-state index in [4.69, 9.17) is 0 Å². The lowest BCUT2D eigenvalue weighted by Gasteiger charge is -2.33. The van der Waals surface area contributed by atoms with E-state index in [2.05, 4.69) is 26.7 Å². The van der Waals surface area contributed by atoms with Crippen LogP contribution in [-0.4, -0.2) is 20.8 Å². The highest BCUT2D eigenvalue weighted by molar-refractivity contribution is 9.10. The maximum absolute atomic E-state index is 14.4. The lowest BCUT2D eigenvalue weighted by molar-refractivity contribution is 0.451. The molecule has 0 saturated heterocycles. The van der Waals surface area contributed by atoms with E-state index in [0.29, 0.717) is 17.1 Å². The number of nitrogens with zero attached hydrogens (tertiary/aromatic N) is 1. The van der Waals surface area contributed by atoms with Crippen LogP contribution >= 0.6 is 27.7 Å². The van der Waals surface area contributed by atoms with Gasteiger partial charge >= 0.3 is 0 Å². The first-order valence-corrected chi connectivity index (χ1v) is 10.9. The highest BCUT2D eigenvalue weighted by atomic mass is 79.9. The fraction of sp³-hybridized carbons (Fsp3) is 0.588. The highest BCUT2D eigenvalue weighted by Crippen LogP contribution is 2.35. The molecule has 0 heterocycles. The molecule has 0 radical (unpaired) electrons. The second-order valence-corrected chi connectivity index (χ2v) is 10.2. The van der Waals surface area contributed by atoms with Gasteiger partial charge in [0.15, 0.2) is 0 Å². The first-order valence-electron chi connectivity index (χ1n) is 7.80. The van der Waals surface area contributed by atoms with Crippen molar-refractivity contribution in [3.63, 3.8) is 0 Å². The van der Waals surface area contributed by atoms with E-state index in [1.807, 2.05) is 27.7 Å². The van der Waals surface area contributed by atoms with E-state index in [9.17, 15) is 14.2 Å². The molecule has 0 aliphatic heterocycles. The molecule has 0 aromatic heterocycles. The van der Waals surface area contributed by atoms with Gasteiger partial charge in [0, 0.05) is 27.2 Å². The minimum Gasteiger partial charge on any atom is -0.598 e. The Kier molecular flexibility index (Phi) is 8.57. The summed E-state index contributed by atoms with van der Waals surface area (Å²) in [7, 11) is 0. The Balaban J connectivity index is 3.10. The fourth-order valence-electron chi connectivity index (χ4n) is 2.02. The average Bonchev–Trinajstić information content (AvgIpc) is 2.53. The number of hydrogen-bond donors (Lipinski definition) is 1. The minimum atomic E-state index is -1.26. The number of rotatable bonds is 9. The SMILES string of the molecule is CCCC[S+]([O-])N[C@@](C)(CSC(C)(C)C#N)c1cc(Br)ccc1F. The monoisotopic (exact) mass is 434 g/mol. The van der Waals surface area contributed by atoms with E-state index in [1.54, 1.807) is 12.1 Å². The molecule has 0 bridgehead atoms. The number of hydrogen-bond acceptors (Lipinski definition) is 4. The highest BCUT2D eigenvalue weighted by Gasteiger charge is 2.36. The Morgan fingerprint density at radius 1 is 1.42 bits per heavy atom. The van der Waals surface area contributed by atoms with Gasteiger partial charge in [-0.15, -0.1) is 16.5 Å². The van der Waals surface area contributed by atoms with Gasteiger partial charge in [0.1, 0.15) is 11.6 Å². The van der Waals surface area contributed by atoms with Crippen molar-refractivity contribution in [2.45, 2.75) is 50.8 Å². The van der Waals surface area contributed by atoms with Gasteiger partial charge in [0.05, 0.1) is 16.4 Å². The van der Waals surface area contributed by atoms with E-state index in [-0.39, 0.29) is 5.82 Å². The molecule has 0 aliphatic carbocycles. The van der Waals surface area contributed by atoms with Crippen molar-refractivity contribution >= 4 is 39.1 Å². The van der Waals surface area contributed by atoms with Crippen LogP contribution in [-0.2, 0) is 16.9 Å². The summed E-state index contributed by atoms with van der Waals surface area (Å²) in [6.07, 6.45) is 1.79. The zero-order chi connectivity index (χ0) is 18.4. The quantitative estimate of drug-likeness (QED) is 0.561. The Labute approximate surface area is 160 Å². The van der Waals surface area contributed by atoms with Crippen molar-refractivity contribution in [1.82, 2.24) is 4.72 Å². The number of nitrogens with one attached hydrogen (secondary N) is 1. The standard InChI is InChI=1S/C17H24BrFN2OS2/c1-5-6-9-24(22)21-17(4,12-23-16(2,3)11-20)14-10-13(18)7-8-15(14)19/h7-8,10,21H,5-6,9,12H2,1-4H3/t17-,24?/m0/s1. The summed E-state index contributed by atoms with van der Waals surface area (Å²) in [6.45, 7) is 7.52. The third-order valence-corrected chi connectivity index (χ3v) is 6.90. The predicted octanol–water partition coefficient (Wildman–Crippen LogP) is 4.89. The first kappa shape index (κ1) is 21.8. The summed E-state index contributed by atoms with van der Waals surface area (Å²) in [6, 6.07) is 6.98. The van der Waals surface area contributed by atoms with Crippen LogP contribution in [0.15, 0.2) is 22.7 Å². The van der Waals surface area contributed by atoms with Gasteiger partial charge in [-0.3, -0.25) is 0 Å². The van der Waals surface area contributed by atoms with Crippen molar-refractivity contribution in [2.24, 2.45) is 0 Å². The zero-order valence-corrected chi connectivity index (χ0v) is 17.7. The van der Waals surface area contributed by atoms with Gasteiger partial charge in [0.2, 0.25) is 0 Å². The van der Waals surface area contributed by atoms with Gasteiger partial charge < -0.3 is 4.55 Å². The van der Waals surface area contributed by atoms with Crippen LogP contribution in [0.5, 0.6) is 0 Å². The molecule has 0 aliphatic rings. The molecule has 0 spiro atoms. The van der Waals surface area contributed by atoms with Gasteiger partial charge in [-0.2, -0.15) is 5.26 Å². The second kappa shape index (κ2) is 9.44. The lowest BCUT2D eigenvalue weighted by atomic mass is 9.95. The third kappa shape index (κ3) is 6.57. The van der Waals surface area contributed by atoms with E-state index in [0.717, 1.165) is 17.3 Å². The van der Waals surface area contributed by atoms with Gasteiger partial charge in [-0.25, -0.2) is 4.39 Å². The fourth-order valence-corrected chi connectivity index (χ4v) is 4.75. The first-order chi connectivity index (χ1) is 11.1. The molecular formula is C17H24BrFN2OS2. The lowest BCUT2D eigenvalue weighted by Crippen LogP contribution is -2.47. The zero-order valence-electron chi connectivity index (χ0n) is 14.5. The van der Waals surface area contributed by atoms with Crippen molar-refractivity contribution < 1.29 is 8.94 Å². The van der Waals surface area contributed by atoms with Crippen molar-refractivity contribution in [3.8, 4) is 6.07 Å². The van der Waals surface area contributed by atoms with Gasteiger partial charge in [-0.1, -0.05) is 29.3 Å². The van der Waals surface area contributed by atoms with Crippen LogP contribution in [0.1, 0.15) is 46.1 Å². The molecule has 24 heavy (non-hydrogen) atoms. The summed E-state index contributed by atoms with van der Waals surface area (Å²) in [5.41, 5.74) is -0.395. The largest absolute Gasteiger partial charge is 0.598 e. The van der Waals surface area contributed by atoms with Crippen molar-refractivity contribution in [1.29, 1.82) is 5.26 Å². The molecule has 2 atom stereocenters. The molecule has 0 amide bonds. The van der Waals surface area contributed by atoms with E-state index in [1.165, 1.54) is 17.8 Å². The van der Waals surface area contributed by atoms with Crippen LogP contribution in [0.4, 0.5) is 4.39 Å². The van der Waals surface area contributed by atoms with E-state index >= 15 is 0 Å². The molecule has 7 heteroatoms. The van der Waals surface area contributed by atoms with Crippen LogP contribution in [0.3, 0.4) is 0 Å². The minimum absolute atomic E-state index is 0.351. The van der Waals surface area contributed by atoms with Gasteiger partial charge in [-0.05, 0) is 45.4 Å². The van der Waals surface area contributed by atoms with Crippen molar-refractivity contribution in [2.75, 3.05) is 11.5 Å². The van der Waals surface area contributed by atoms with E-state index < -0.39 is 21.6 Å². The van der Waals surface area contributed by atoms with Crippen LogP contribution in [0.25, 0.3) is 0 Å². The summed E-state index contributed by atoms with van der Waals surface area (Å²) in [4.78, 5) is 0. The number of thioether (sulfide) groups is 1. The Morgan fingerprint density at radius 3 is 2.67 bits per heavy atom. The summed E-state index contributed by atoms with van der Waals surface area (Å²) in [5.74, 6) is 0.600. The molecule has 0 saturated carbocycles. The molecule has 1 rings (SSSR count). The number of unbranched alkanes of at least 4 members (excludes halogenated alkanes) is 1. The maximum atomic E-state index is 14.4. The molecule has 3 nitrogen and oxygen atoms in total. The normalized spacial score (nSPS) is 15.6. The molecular weight excluding hydrogens is 411 g/mol. The van der Waals surface area contributed by atoms with Crippen LogP contribution in [0, 0.1) is 17.1 Å². The van der Waals surface area contributed by atoms with Gasteiger partial charge in [0.25, 0.3) is 0 Å². The smallest absolute Gasteiger partial charge is 0.128 e. The molecule has 1 aromatic rings. The topological polar surface area (TPSA) is 58.9 Å². The summed E-state index contributed by atoms with van der Waals surface area (Å²) < 4.78 is 30.1. The summed E-state index contributed by atoms with van der Waals surface area (Å²) in [5, 5.41) is 9.23. The molecule has 0 fully saturated rings. The van der Waals surface area contributed by atoms with Crippen molar-refractivity contribution in [3.05, 3.63) is 34.1 Å². The predicted molar refractivity (Wildman–Crippen MR) is 105 cm³/mol. The Hall–Kier alpha value is -0.260. The maximum Gasteiger partial charge on any atom is 0.128 e. The number of benzene rings is 1. The molecule has 1 N–H and O–H groups in total. The van der Waals surface area contributed by atoms with Crippen LogP contribution in [0.2, 0.25) is 0 Å². The molecule has 134 valence electrons. The molecule has 1 unspecified atom stereocenters. The Morgan fingerprint density at radius 2 is 2.08 bits per heavy atom. The molecule has 1 aromatic carbocycles. The second-order valence-electron chi connectivity index (χ2n) is 6.37. The summed E-state index contributed by atoms with van der Waals surface area (Å²) >= 11 is 3.53.